The van der Waals surface area contributed by atoms with Gasteiger partial charge < -0.3 is 15.4 Å². The highest BCUT2D eigenvalue weighted by atomic mass is 32.1. The summed E-state index contributed by atoms with van der Waals surface area (Å²) < 4.78 is 5.72. The van der Waals surface area contributed by atoms with Gasteiger partial charge in [-0.2, -0.15) is 0 Å². The maximum absolute atomic E-state index is 5.72. The topological polar surface area (TPSA) is 58.5 Å². The summed E-state index contributed by atoms with van der Waals surface area (Å²) in [4.78, 5) is 8.74. The third-order valence-electron chi connectivity index (χ3n) is 3.78. The molecule has 26 heavy (non-hydrogen) atoms. The lowest BCUT2D eigenvalue weighted by atomic mass is 10.1. The summed E-state index contributed by atoms with van der Waals surface area (Å²) >= 11 is 1.69. The minimum Gasteiger partial charge on any atom is -0.493 e. The first-order valence-corrected chi connectivity index (χ1v) is 10.0. The molecule has 0 radical (unpaired) electrons. The van der Waals surface area contributed by atoms with E-state index < -0.39 is 0 Å². The molecule has 0 atom stereocenters. The number of nitrogens with zero attached hydrogens (tertiary/aromatic N) is 2. The third-order valence-corrected chi connectivity index (χ3v) is 4.60. The summed E-state index contributed by atoms with van der Waals surface area (Å²) in [6, 6.07) is 8.33. The number of rotatable bonds is 9. The zero-order chi connectivity index (χ0) is 18.8. The van der Waals surface area contributed by atoms with Crippen LogP contribution in [0.5, 0.6) is 5.75 Å². The monoisotopic (exact) mass is 374 g/mol. The Kier molecular flexibility index (Phi) is 8.41. The average Bonchev–Trinajstić information content (AvgIpc) is 3.05. The zero-order valence-corrected chi connectivity index (χ0v) is 17.0. The van der Waals surface area contributed by atoms with Crippen LogP contribution in [0.1, 0.15) is 30.1 Å². The highest BCUT2D eigenvalue weighted by Crippen LogP contribution is 2.13. The van der Waals surface area contributed by atoms with Crippen LogP contribution in [0.3, 0.4) is 0 Å². The van der Waals surface area contributed by atoms with Gasteiger partial charge in [0.1, 0.15) is 5.75 Å². The molecule has 5 nitrogen and oxygen atoms in total. The fraction of sp³-hybridized carbons (Fsp3) is 0.500. The van der Waals surface area contributed by atoms with Crippen LogP contribution in [-0.4, -0.2) is 37.7 Å². The first kappa shape index (κ1) is 20.2. The predicted molar refractivity (Wildman–Crippen MR) is 110 cm³/mol. The number of nitrogens with one attached hydrogen (secondary N) is 2. The van der Waals surface area contributed by atoms with Crippen molar-refractivity contribution < 1.29 is 4.74 Å². The van der Waals surface area contributed by atoms with Gasteiger partial charge in [0.2, 0.25) is 0 Å². The Morgan fingerprint density at radius 1 is 1.15 bits per heavy atom. The number of hydrogen-bond donors (Lipinski definition) is 2. The number of ether oxygens (including phenoxy) is 1. The van der Waals surface area contributed by atoms with Gasteiger partial charge in [-0.05, 0) is 37.0 Å². The fourth-order valence-corrected chi connectivity index (χ4v) is 3.04. The van der Waals surface area contributed by atoms with Gasteiger partial charge in [0.25, 0.3) is 0 Å². The van der Waals surface area contributed by atoms with Crippen molar-refractivity contribution in [3.05, 3.63) is 45.9 Å². The van der Waals surface area contributed by atoms with Crippen LogP contribution in [0.25, 0.3) is 0 Å². The largest absolute Gasteiger partial charge is 0.493 e. The maximum Gasteiger partial charge on any atom is 0.190 e. The number of hydrogen-bond acceptors (Lipinski definition) is 4. The van der Waals surface area contributed by atoms with E-state index in [2.05, 4.69) is 52.0 Å². The summed E-state index contributed by atoms with van der Waals surface area (Å²) in [7, 11) is 1.79. The van der Waals surface area contributed by atoms with Crippen LogP contribution < -0.4 is 15.4 Å². The molecule has 1 aromatic heterocycles. The van der Waals surface area contributed by atoms with Gasteiger partial charge in [0, 0.05) is 31.9 Å². The normalized spacial score (nSPS) is 11.7. The van der Waals surface area contributed by atoms with Gasteiger partial charge >= 0.3 is 0 Å². The van der Waals surface area contributed by atoms with Crippen LogP contribution in [0.15, 0.2) is 34.6 Å². The van der Waals surface area contributed by atoms with Crippen molar-refractivity contribution in [1.29, 1.82) is 0 Å². The molecule has 0 amide bonds. The maximum atomic E-state index is 5.72. The molecule has 0 aliphatic carbocycles. The second-order valence-corrected chi connectivity index (χ2v) is 7.69. The Morgan fingerprint density at radius 3 is 2.42 bits per heavy atom. The average molecular weight is 375 g/mol. The molecule has 0 saturated carbocycles. The second-order valence-electron chi connectivity index (χ2n) is 6.63. The number of guanidine groups is 1. The van der Waals surface area contributed by atoms with Gasteiger partial charge in [-0.25, -0.2) is 4.98 Å². The van der Waals surface area contributed by atoms with Crippen LogP contribution in [0.4, 0.5) is 0 Å². The number of aliphatic imine (C=N–C) groups is 1. The molecule has 0 bridgehead atoms. The van der Waals surface area contributed by atoms with Gasteiger partial charge in [-0.1, -0.05) is 26.0 Å². The van der Waals surface area contributed by atoms with E-state index in [-0.39, 0.29) is 0 Å². The summed E-state index contributed by atoms with van der Waals surface area (Å²) in [6.45, 7) is 8.75. The van der Waals surface area contributed by atoms with Crippen molar-refractivity contribution >= 4 is 17.3 Å². The molecular formula is C20H30N4OS. The van der Waals surface area contributed by atoms with E-state index in [1.54, 1.807) is 18.4 Å². The van der Waals surface area contributed by atoms with Crippen LogP contribution in [0.2, 0.25) is 0 Å². The number of benzene rings is 1. The van der Waals surface area contributed by atoms with E-state index in [1.165, 1.54) is 5.56 Å². The van der Waals surface area contributed by atoms with Crippen LogP contribution in [-0.2, 0) is 12.8 Å². The Balaban J connectivity index is 1.66. The molecule has 0 unspecified atom stereocenters. The third kappa shape index (κ3) is 7.44. The molecule has 0 fully saturated rings. The van der Waals surface area contributed by atoms with E-state index in [4.69, 9.17) is 4.74 Å². The van der Waals surface area contributed by atoms with Gasteiger partial charge in [-0.3, -0.25) is 4.99 Å². The van der Waals surface area contributed by atoms with Crippen LogP contribution >= 0.6 is 11.3 Å². The van der Waals surface area contributed by atoms with Crippen LogP contribution in [0, 0.1) is 12.8 Å². The summed E-state index contributed by atoms with van der Waals surface area (Å²) in [5.41, 5.74) is 2.41. The lowest BCUT2D eigenvalue weighted by Crippen LogP contribution is -2.39. The van der Waals surface area contributed by atoms with Crippen molar-refractivity contribution in [3.63, 3.8) is 0 Å². The Labute approximate surface area is 160 Å². The molecule has 2 N–H and O–H groups in total. The lowest BCUT2D eigenvalue weighted by Gasteiger charge is -2.12. The van der Waals surface area contributed by atoms with E-state index >= 15 is 0 Å². The molecule has 142 valence electrons. The van der Waals surface area contributed by atoms with E-state index in [1.807, 2.05) is 19.1 Å². The predicted octanol–water partition coefficient (Wildman–Crippen LogP) is 3.44. The molecule has 0 spiro atoms. The zero-order valence-electron chi connectivity index (χ0n) is 16.2. The Morgan fingerprint density at radius 2 is 1.85 bits per heavy atom. The molecule has 0 saturated heterocycles. The SMILES string of the molecule is CN=C(NCCc1ccc(OCC(C)C)cc1)NCCc1csc(C)n1. The quantitative estimate of drug-likeness (QED) is 0.521. The first-order valence-electron chi connectivity index (χ1n) is 9.14. The Bertz CT molecular complexity index is 679. The van der Waals surface area contributed by atoms with Crippen molar-refractivity contribution in [2.45, 2.75) is 33.6 Å². The minimum absolute atomic E-state index is 0.540. The molecule has 1 heterocycles. The number of aromatic nitrogens is 1. The molecular weight excluding hydrogens is 344 g/mol. The minimum atomic E-state index is 0.540. The van der Waals surface area contributed by atoms with E-state index in [0.29, 0.717) is 5.92 Å². The van der Waals surface area contributed by atoms with Gasteiger partial charge in [-0.15, -0.1) is 11.3 Å². The Hall–Kier alpha value is -2.08. The number of aryl methyl sites for hydroxylation is 1. The number of thiazole rings is 1. The molecule has 6 heteroatoms. The van der Waals surface area contributed by atoms with E-state index in [0.717, 1.165) is 54.9 Å². The fourth-order valence-electron chi connectivity index (χ4n) is 2.39. The second kappa shape index (κ2) is 10.8. The standard InChI is InChI=1S/C20H30N4OS/c1-15(2)13-25-19-7-5-17(6-8-19)9-11-22-20(21-4)23-12-10-18-14-26-16(3)24-18/h5-8,14-15H,9-13H2,1-4H3,(H2,21,22,23). The smallest absolute Gasteiger partial charge is 0.190 e. The van der Waals surface area contributed by atoms with Crippen molar-refractivity contribution in [3.8, 4) is 5.75 Å². The van der Waals surface area contributed by atoms with E-state index in [9.17, 15) is 0 Å². The molecule has 0 aliphatic heterocycles. The molecule has 0 aliphatic rings. The van der Waals surface area contributed by atoms with Crippen molar-refractivity contribution in [1.82, 2.24) is 15.6 Å². The highest BCUT2D eigenvalue weighted by molar-refractivity contribution is 7.09. The molecule has 2 aromatic rings. The van der Waals surface area contributed by atoms with Gasteiger partial charge in [0.15, 0.2) is 5.96 Å². The first-order chi connectivity index (χ1) is 12.6. The summed E-state index contributed by atoms with van der Waals surface area (Å²) in [6.07, 6.45) is 1.85. The highest BCUT2D eigenvalue weighted by Gasteiger charge is 2.02. The summed E-state index contributed by atoms with van der Waals surface area (Å²) in [5, 5.41) is 9.91. The summed E-state index contributed by atoms with van der Waals surface area (Å²) in [5.74, 6) is 2.30. The molecule has 1 aromatic carbocycles. The molecule has 2 rings (SSSR count). The van der Waals surface area contributed by atoms with Gasteiger partial charge in [0.05, 0.1) is 17.3 Å². The lowest BCUT2D eigenvalue weighted by molar-refractivity contribution is 0.271. The van der Waals surface area contributed by atoms with Crippen molar-refractivity contribution in [2.24, 2.45) is 10.9 Å². The van der Waals surface area contributed by atoms with Crippen molar-refractivity contribution in [2.75, 3.05) is 26.7 Å².